The highest BCUT2D eigenvalue weighted by Crippen LogP contribution is 2.42. The number of benzene rings is 4. The second-order valence-corrected chi connectivity index (χ2v) is 24.7. The average molecular weight is 1250 g/mol. The van der Waals surface area contributed by atoms with Crippen molar-refractivity contribution in [2.75, 3.05) is 50.2 Å². The number of pyridine rings is 2. The number of carbonyl (C=O) groups excluding carboxylic acids is 4. The Morgan fingerprint density at radius 3 is 1.26 bits per heavy atom. The average Bonchev–Trinajstić information content (AvgIpc) is 1.58. The van der Waals surface area contributed by atoms with Crippen molar-refractivity contribution in [1.82, 2.24) is 30.4 Å². The first-order valence-electron chi connectivity index (χ1n) is 29.8. The molecular weight excluding hydrogens is 1180 g/mol. The van der Waals surface area contributed by atoms with Gasteiger partial charge in [0, 0.05) is 84.9 Å². The molecule has 6 aromatic rings. The molecule has 0 unspecified atom stereocenters. The third-order valence-electron chi connectivity index (χ3n) is 16.5. The number of ether oxygens (including phenoxy) is 2. The Bertz CT molecular complexity index is 3810. The molecule has 4 amide bonds. The van der Waals surface area contributed by atoms with Crippen molar-refractivity contribution >= 4 is 58.2 Å². The van der Waals surface area contributed by atoms with Crippen molar-refractivity contribution in [2.45, 2.75) is 115 Å². The summed E-state index contributed by atoms with van der Waals surface area (Å²) in [4.78, 5) is 88.0. The van der Waals surface area contributed by atoms with Crippen LogP contribution in [-0.4, -0.2) is 97.3 Å². The highest BCUT2D eigenvalue weighted by atomic mass is 35.5. The lowest BCUT2D eigenvalue weighted by atomic mass is 9.90. The van der Waals surface area contributed by atoms with Crippen LogP contribution in [-0.2, 0) is 69.8 Å². The quantitative estimate of drug-likeness (QED) is 0.0485. The Hall–Kier alpha value is -9.14. The topological polar surface area (TPSA) is 233 Å². The molecule has 0 saturated carbocycles. The van der Waals surface area contributed by atoms with Crippen LogP contribution in [0.4, 0.5) is 11.4 Å². The van der Waals surface area contributed by atoms with Crippen LogP contribution in [0.2, 0.25) is 10.0 Å². The first-order valence-corrected chi connectivity index (χ1v) is 30.5. The number of amides is 4. The van der Waals surface area contributed by atoms with Crippen LogP contribution in [0.3, 0.4) is 0 Å². The first kappa shape index (κ1) is 66.8. The van der Waals surface area contributed by atoms with E-state index in [-0.39, 0.29) is 86.7 Å². The van der Waals surface area contributed by atoms with E-state index >= 15 is 0 Å². The van der Waals surface area contributed by atoms with E-state index in [0.717, 1.165) is 11.1 Å². The Morgan fingerprint density at radius 2 is 0.922 bits per heavy atom. The molecule has 4 aromatic carbocycles. The molecular formula is C70H74Cl2N10O8. The van der Waals surface area contributed by atoms with Crippen molar-refractivity contribution < 1.29 is 28.7 Å². The van der Waals surface area contributed by atoms with E-state index in [0.29, 0.717) is 90.5 Å². The maximum atomic E-state index is 14.9. The second-order valence-electron chi connectivity index (χ2n) is 23.8. The highest BCUT2D eigenvalue weighted by Gasteiger charge is 2.45. The zero-order valence-corrected chi connectivity index (χ0v) is 53.8. The van der Waals surface area contributed by atoms with Gasteiger partial charge in [-0.2, -0.15) is 10.5 Å². The summed E-state index contributed by atoms with van der Waals surface area (Å²) in [6, 6.07) is 29.1. The van der Waals surface area contributed by atoms with Crippen molar-refractivity contribution in [3.63, 3.8) is 0 Å². The number of hydrogen-bond acceptors (Lipinski definition) is 12. The van der Waals surface area contributed by atoms with Crippen LogP contribution in [0.15, 0.2) is 107 Å². The molecule has 0 bridgehead atoms. The Morgan fingerprint density at radius 1 is 0.556 bits per heavy atom. The lowest BCUT2D eigenvalue weighted by Crippen LogP contribution is -2.54. The van der Waals surface area contributed by atoms with Gasteiger partial charge in [-0.25, -0.2) is 0 Å². The van der Waals surface area contributed by atoms with Gasteiger partial charge in [-0.15, -0.1) is 0 Å². The van der Waals surface area contributed by atoms with E-state index < -0.39 is 35.0 Å². The van der Waals surface area contributed by atoms with Gasteiger partial charge in [0.2, 0.25) is 23.6 Å². The lowest BCUT2D eigenvalue weighted by molar-refractivity contribution is -0.128. The number of carbonyl (C=O) groups is 4. The third kappa shape index (κ3) is 15.1. The Kier molecular flexibility index (Phi) is 21.5. The van der Waals surface area contributed by atoms with Gasteiger partial charge >= 0.3 is 0 Å². The van der Waals surface area contributed by atoms with Gasteiger partial charge in [-0.3, -0.25) is 28.8 Å². The van der Waals surface area contributed by atoms with E-state index in [2.05, 4.69) is 57.1 Å². The zero-order valence-electron chi connectivity index (χ0n) is 52.3. The van der Waals surface area contributed by atoms with Gasteiger partial charge in [-0.05, 0) is 134 Å². The molecule has 2 aromatic heterocycles. The molecule has 18 nitrogen and oxygen atoms in total. The molecule has 0 spiro atoms. The minimum Gasteiger partial charge on any atom is -0.481 e. The molecule has 8 rings (SSSR count). The molecule has 2 aliphatic rings. The number of nitriles is 2. The third-order valence-corrected chi connectivity index (χ3v) is 17.0. The molecule has 0 radical (unpaired) electrons. The molecule has 466 valence electrons. The molecule has 4 heterocycles. The first-order chi connectivity index (χ1) is 42.9. The van der Waals surface area contributed by atoms with Crippen molar-refractivity contribution in [3.8, 4) is 47.3 Å². The van der Waals surface area contributed by atoms with Gasteiger partial charge in [0.25, 0.3) is 11.1 Å². The molecule has 0 aliphatic carbocycles. The summed E-state index contributed by atoms with van der Waals surface area (Å²) >= 11 is 12.4. The number of halogens is 2. The van der Waals surface area contributed by atoms with Crippen LogP contribution in [0.1, 0.15) is 110 Å². The van der Waals surface area contributed by atoms with E-state index in [9.17, 15) is 39.3 Å². The summed E-state index contributed by atoms with van der Waals surface area (Å²) in [5.41, 5.74) is 5.09. The standard InChI is InChI=1S/C70H74Cl2N10O8/c1-11-55(75-7)63(83)77-57(67(87)81-41-69(3,4)61-59(81)37-47(65(85)79(61)9)33-45-21-23-51(71)35-49(45)39-73)31-43-17-25-53(26-18-43)89-29-15-13-14-16-30-90-54-27-19-44(20-28-54)32-58(78-64(84)56(12-2)76-8)68(88)82-42-70(5,6)62-60(82)38-48(66(86)80(62)10)34-46-22-24-52(72)36-50(46)40-74/h17-28,35-38,55-58,75-76H,11-12,29-34,41-42H2,1-10H3,(H,77,83)(H,78,84)/t55-,56-,57-,58-/m0/s1. The predicted molar refractivity (Wildman–Crippen MR) is 349 cm³/mol. The normalized spacial score (nSPS) is 14.6. The van der Waals surface area contributed by atoms with Crippen LogP contribution >= 0.6 is 23.2 Å². The van der Waals surface area contributed by atoms with Gasteiger partial charge in [0.15, 0.2) is 0 Å². The zero-order chi connectivity index (χ0) is 65.2. The van der Waals surface area contributed by atoms with E-state index in [1.165, 1.54) is 0 Å². The van der Waals surface area contributed by atoms with Crippen LogP contribution in [0, 0.1) is 46.3 Å². The molecule has 2 aliphatic heterocycles. The summed E-state index contributed by atoms with van der Waals surface area (Å²) < 4.78 is 14.9. The van der Waals surface area contributed by atoms with Gasteiger partial charge in [0.05, 0.1) is 58.1 Å². The van der Waals surface area contributed by atoms with Crippen LogP contribution in [0.5, 0.6) is 11.5 Å². The minimum atomic E-state index is -0.977. The molecule has 4 atom stereocenters. The van der Waals surface area contributed by atoms with Crippen LogP contribution < -0.4 is 51.7 Å². The fraction of sp³-hybridized carbons (Fsp3) is 0.371. The largest absolute Gasteiger partial charge is 0.481 e. The Labute approximate surface area is 535 Å². The van der Waals surface area contributed by atoms with Crippen molar-refractivity contribution in [3.05, 3.63) is 184 Å². The van der Waals surface area contributed by atoms with Gasteiger partial charge in [0.1, 0.15) is 36.8 Å². The number of hydrogen-bond donors (Lipinski definition) is 4. The van der Waals surface area contributed by atoms with Crippen molar-refractivity contribution in [1.29, 1.82) is 10.5 Å². The lowest BCUT2D eigenvalue weighted by Gasteiger charge is -2.27. The number of rotatable bonds is 22. The predicted octanol–water partition coefficient (Wildman–Crippen LogP) is 7.48. The molecule has 20 heteroatoms. The van der Waals surface area contributed by atoms with Gasteiger partial charge in [-0.1, -0.05) is 101 Å². The number of nitrogens with one attached hydrogen (secondary N) is 4. The van der Waals surface area contributed by atoms with Crippen molar-refractivity contribution in [2.24, 2.45) is 14.1 Å². The monoisotopic (exact) mass is 1250 g/mol. The smallest absolute Gasteiger partial charge is 0.254 e. The second kappa shape index (κ2) is 29.0. The summed E-state index contributed by atoms with van der Waals surface area (Å²) in [7, 11) is 6.77. The summed E-state index contributed by atoms with van der Waals surface area (Å²) in [6.45, 7) is 12.3. The number of aromatic nitrogens is 2. The maximum absolute atomic E-state index is 14.9. The SMILES string of the molecule is CC[C@H](NC)C(=O)N[C@@H](Cc1ccc(OCC#CC#CCOc2ccc(C[C@H](NC(=O)[C@H](CC)NC)C(=O)N3CC(C)(C)c4c3cc(Cc3ccc(Cl)cc3C#N)c(=O)n4C)cc2)cc1)C(=O)N1CC(C)(C)c2c1cc(Cc1ccc(Cl)cc1C#N)c(=O)n2C. The fourth-order valence-corrected chi connectivity index (χ4v) is 12.4. The molecule has 0 saturated heterocycles. The summed E-state index contributed by atoms with van der Waals surface area (Å²) in [5, 5.41) is 32.6. The Balaban J connectivity index is 0.892. The van der Waals surface area contributed by atoms with E-state index in [4.69, 9.17) is 32.7 Å². The molecule has 90 heavy (non-hydrogen) atoms. The van der Waals surface area contributed by atoms with E-state index in [1.807, 2.05) is 65.8 Å². The number of anilines is 2. The van der Waals surface area contributed by atoms with E-state index in [1.54, 1.807) is 120 Å². The van der Waals surface area contributed by atoms with Gasteiger partial charge < -0.3 is 49.7 Å². The summed E-state index contributed by atoms with van der Waals surface area (Å²) in [6.07, 6.45) is 1.61. The summed E-state index contributed by atoms with van der Waals surface area (Å²) in [5.74, 6) is 11.1. The minimum absolute atomic E-state index is 0.0373. The molecule has 0 fully saturated rings. The number of fused-ring (bicyclic) bond motifs is 2. The maximum Gasteiger partial charge on any atom is 0.254 e. The molecule has 4 N–H and O–H groups in total. The number of nitrogens with zero attached hydrogens (tertiary/aromatic N) is 6. The van der Waals surface area contributed by atoms with Crippen LogP contribution in [0.25, 0.3) is 0 Å². The highest BCUT2D eigenvalue weighted by molar-refractivity contribution is 6.31. The fourth-order valence-electron chi connectivity index (χ4n) is 12.0. The number of likely N-dealkylation sites (N-methyl/N-ethyl adjacent to an activating group) is 2.